The zero-order valence-electron chi connectivity index (χ0n) is 25.1. The number of rotatable bonds is 8. The number of carbonyl (C=O) groups is 2. The van der Waals surface area contributed by atoms with Gasteiger partial charge < -0.3 is 30.1 Å². The summed E-state index contributed by atoms with van der Waals surface area (Å²) in [5, 5.41) is 16.7. The van der Waals surface area contributed by atoms with Crippen LogP contribution in [0, 0.1) is 12.7 Å². The highest BCUT2D eigenvalue weighted by molar-refractivity contribution is 6.36. The Morgan fingerprint density at radius 1 is 1.11 bits per heavy atom. The van der Waals surface area contributed by atoms with Gasteiger partial charge in [0.05, 0.1) is 12.1 Å². The Balaban J connectivity index is 1.42. The van der Waals surface area contributed by atoms with E-state index in [2.05, 4.69) is 10.6 Å². The van der Waals surface area contributed by atoms with Gasteiger partial charge in [-0.2, -0.15) is 0 Å². The Labute approximate surface area is 261 Å². The fraction of sp³-hybridized carbons (Fsp3) is 0.333. The minimum absolute atomic E-state index is 0.104. The van der Waals surface area contributed by atoms with E-state index in [0.29, 0.717) is 58.5 Å². The number of amides is 2. The molecule has 1 fully saturated rings. The van der Waals surface area contributed by atoms with Crippen LogP contribution >= 0.6 is 11.6 Å². The molecule has 1 saturated heterocycles. The van der Waals surface area contributed by atoms with E-state index in [1.165, 1.54) is 31.3 Å². The minimum Gasteiger partial charge on any atom is -0.496 e. The molecule has 44 heavy (non-hydrogen) atoms. The molecule has 0 radical (unpaired) electrons. The smallest absolute Gasteiger partial charge is 0.264 e. The second kappa shape index (κ2) is 13.4. The first-order chi connectivity index (χ1) is 21.1. The molecule has 11 heteroatoms. The van der Waals surface area contributed by atoms with Crippen molar-refractivity contribution in [3.63, 3.8) is 0 Å². The lowest BCUT2D eigenvalue weighted by Crippen LogP contribution is -2.51. The number of hydrogen-bond acceptors (Lipinski definition) is 7. The van der Waals surface area contributed by atoms with Crippen LogP contribution in [-0.2, 0) is 20.9 Å². The average molecular weight is 623 g/mol. The van der Waals surface area contributed by atoms with E-state index in [1.54, 1.807) is 25.2 Å². The van der Waals surface area contributed by atoms with Gasteiger partial charge in [0.25, 0.3) is 11.8 Å². The number of methoxy groups -OCH3 is 1. The van der Waals surface area contributed by atoms with Crippen molar-refractivity contribution in [2.24, 2.45) is 0 Å². The van der Waals surface area contributed by atoms with E-state index in [0.717, 1.165) is 28.9 Å². The van der Waals surface area contributed by atoms with E-state index >= 15 is 4.39 Å². The van der Waals surface area contributed by atoms with Crippen LogP contribution < -0.4 is 15.4 Å². The number of likely N-dealkylation sites (N-methyl/N-ethyl adjacent to an activating group) is 1. The Morgan fingerprint density at radius 3 is 2.52 bits per heavy atom. The summed E-state index contributed by atoms with van der Waals surface area (Å²) in [7, 11) is 4.51. The standard InChI is InChI=1S/C33H36ClFN4O5/c1-19-22(7-6-10-28(19)37-31(40)26-18-38(2)33(42)39(3)32(26)41)24-9-5-8-23(30(24)34)20-15-27(35)25(29(16-20)43-4)17-36-21-11-13-44-14-12-21/h5-10,15-16,18,21,33,36,42H,11-14,17H2,1-4H3,(H,37,40). The van der Waals surface area contributed by atoms with Gasteiger partial charge in [0, 0.05) is 68.5 Å². The second-order valence-corrected chi connectivity index (χ2v) is 11.4. The van der Waals surface area contributed by atoms with E-state index in [4.69, 9.17) is 21.1 Å². The van der Waals surface area contributed by atoms with Crippen LogP contribution in [0.3, 0.4) is 0 Å². The molecule has 0 aromatic heterocycles. The molecule has 3 N–H and O–H groups in total. The quantitative estimate of drug-likeness (QED) is 0.307. The zero-order chi connectivity index (χ0) is 31.5. The molecule has 0 spiro atoms. The molecule has 5 rings (SSSR count). The fourth-order valence-corrected chi connectivity index (χ4v) is 5.87. The summed E-state index contributed by atoms with van der Waals surface area (Å²) in [6.07, 6.45) is 1.92. The molecule has 2 aliphatic heterocycles. The number of aliphatic hydroxyl groups is 1. The maximum absolute atomic E-state index is 15.5. The SMILES string of the molecule is COc1cc(-c2cccc(-c3cccc(NC(=O)C4=CN(C)C(O)N(C)C4=O)c3C)c2Cl)cc(F)c1CNC1CCOCC1. The highest BCUT2D eigenvalue weighted by Gasteiger charge is 2.32. The molecule has 2 amide bonds. The molecule has 0 aliphatic carbocycles. The summed E-state index contributed by atoms with van der Waals surface area (Å²) in [5.74, 6) is -1.16. The van der Waals surface area contributed by atoms with Crippen LogP contribution in [0.4, 0.5) is 10.1 Å². The third-order valence-electron chi connectivity index (χ3n) is 8.18. The van der Waals surface area contributed by atoms with Crippen LogP contribution in [0.2, 0.25) is 5.02 Å². The molecular formula is C33H36ClFN4O5. The van der Waals surface area contributed by atoms with Crippen LogP contribution in [0.25, 0.3) is 22.3 Å². The molecule has 3 aromatic carbocycles. The van der Waals surface area contributed by atoms with Gasteiger partial charge >= 0.3 is 0 Å². The number of nitrogens with one attached hydrogen (secondary N) is 2. The predicted molar refractivity (Wildman–Crippen MR) is 168 cm³/mol. The van der Waals surface area contributed by atoms with Crippen LogP contribution in [0.1, 0.15) is 24.0 Å². The van der Waals surface area contributed by atoms with Crippen molar-refractivity contribution < 1.29 is 28.6 Å². The summed E-state index contributed by atoms with van der Waals surface area (Å²) >= 11 is 6.98. The summed E-state index contributed by atoms with van der Waals surface area (Å²) in [4.78, 5) is 28.2. The molecular weight excluding hydrogens is 587 g/mol. The summed E-state index contributed by atoms with van der Waals surface area (Å²) in [6.45, 7) is 3.56. The fourth-order valence-electron chi connectivity index (χ4n) is 5.53. The molecule has 1 unspecified atom stereocenters. The lowest BCUT2D eigenvalue weighted by atomic mass is 9.94. The number of benzene rings is 3. The molecule has 3 aromatic rings. The Morgan fingerprint density at radius 2 is 1.80 bits per heavy atom. The molecule has 0 saturated carbocycles. The molecule has 2 heterocycles. The van der Waals surface area contributed by atoms with E-state index in [-0.39, 0.29) is 11.6 Å². The van der Waals surface area contributed by atoms with Crippen molar-refractivity contribution in [1.82, 2.24) is 15.1 Å². The van der Waals surface area contributed by atoms with Crippen LogP contribution in [0.15, 0.2) is 60.3 Å². The maximum atomic E-state index is 15.5. The minimum atomic E-state index is -1.16. The monoisotopic (exact) mass is 622 g/mol. The Kier molecular flexibility index (Phi) is 9.55. The molecule has 1 atom stereocenters. The zero-order valence-corrected chi connectivity index (χ0v) is 25.9. The van der Waals surface area contributed by atoms with Gasteiger partial charge in [-0.15, -0.1) is 0 Å². The van der Waals surface area contributed by atoms with Gasteiger partial charge in [0.2, 0.25) is 6.35 Å². The second-order valence-electron chi connectivity index (χ2n) is 11.0. The first-order valence-corrected chi connectivity index (χ1v) is 14.7. The number of hydrogen-bond donors (Lipinski definition) is 3. The Hall–Kier alpha value is -3.96. The first kappa shape index (κ1) is 31.5. The van der Waals surface area contributed by atoms with Crippen molar-refractivity contribution >= 4 is 29.1 Å². The summed E-state index contributed by atoms with van der Waals surface area (Å²) < 4.78 is 26.5. The van der Waals surface area contributed by atoms with Gasteiger partial charge in [-0.05, 0) is 54.7 Å². The number of ether oxygens (including phenoxy) is 2. The van der Waals surface area contributed by atoms with Crippen molar-refractivity contribution in [2.45, 2.75) is 38.7 Å². The summed E-state index contributed by atoms with van der Waals surface area (Å²) in [6, 6.07) is 14.4. The van der Waals surface area contributed by atoms with E-state index < -0.39 is 24.0 Å². The average Bonchev–Trinajstić information content (AvgIpc) is 3.02. The number of anilines is 1. The molecule has 2 aliphatic rings. The highest BCUT2D eigenvalue weighted by atomic mass is 35.5. The van der Waals surface area contributed by atoms with Gasteiger partial charge in [0.15, 0.2) is 0 Å². The largest absolute Gasteiger partial charge is 0.496 e. The van der Waals surface area contributed by atoms with Gasteiger partial charge in [0.1, 0.15) is 17.1 Å². The number of carbonyl (C=O) groups excluding carboxylic acids is 2. The predicted octanol–water partition coefficient (Wildman–Crippen LogP) is 4.90. The van der Waals surface area contributed by atoms with Crippen molar-refractivity contribution in [2.75, 3.05) is 39.7 Å². The third-order valence-corrected chi connectivity index (χ3v) is 8.59. The van der Waals surface area contributed by atoms with Gasteiger partial charge in [-0.1, -0.05) is 41.9 Å². The Bertz CT molecular complexity index is 1610. The van der Waals surface area contributed by atoms with E-state index in [1.807, 2.05) is 31.2 Å². The maximum Gasteiger partial charge on any atom is 0.264 e. The van der Waals surface area contributed by atoms with E-state index in [9.17, 15) is 14.7 Å². The number of aliphatic hydroxyl groups excluding tert-OH is 1. The normalized spacial score (nSPS) is 17.5. The summed E-state index contributed by atoms with van der Waals surface area (Å²) in [5.41, 5.74) is 4.21. The molecule has 9 nitrogen and oxygen atoms in total. The van der Waals surface area contributed by atoms with Crippen LogP contribution in [0.5, 0.6) is 5.75 Å². The molecule has 232 valence electrons. The van der Waals surface area contributed by atoms with Crippen molar-refractivity contribution in [1.29, 1.82) is 0 Å². The lowest BCUT2D eigenvalue weighted by molar-refractivity contribution is -0.148. The number of nitrogens with zero attached hydrogens (tertiary/aromatic N) is 2. The molecule has 0 bridgehead atoms. The van der Waals surface area contributed by atoms with Gasteiger partial charge in [-0.3, -0.25) is 14.5 Å². The number of halogens is 2. The first-order valence-electron chi connectivity index (χ1n) is 14.4. The van der Waals surface area contributed by atoms with Crippen molar-refractivity contribution in [3.05, 3.63) is 82.3 Å². The lowest BCUT2D eigenvalue weighted by Gasteiger charge is -2.35. The highest BCUT2D eigenvalue weighted by Crippen LogP contribution is 2.41. The van der Waals surface area contributed by atoms with Crippen LogP contribution in [-0.4, -0.2) is 73.5 Å². The van der Waals surface area contributed by atoms with Crippen molar-refractivity contribution in [3.8, 4) is 28.0 Å². The van der Waals surface area contributed by atoms with Gasteiger partial charge in [-0.25, -0.2) is 4.39 Å². The third kappa shape index (κ3) is 6.30. The topological polar surface area (TPSA) is 103 Å².